The predicted octanol–water partition coefficient (Wildman–Crippen LogP) is 0.712. The summed E-state index contributed by atoms with van der Waals surface area (Å²) in [6.45, 7) is 5.80. The van der Waals surface area contributed by atoms with Crippen molar-refractivity contribution in [3.63, 3.8) is 0 Å². The Morgan fingerprint density at radius 1 is 1.45 bits per heavy atom. The highest BCUT2D eigenvalue weighted by Gasteiger charge is 2.14. The average Bonchev–Trinajstić information content (AvgIpc) is 2.49. The minimum Gasteiger partial charge on any atom is -0.378 e. The third kappa shape index (κ3) is 3.91. The second-order valence-corrected chi connectivity index (χ2v) is 4.95. The number of nitrogens with zero attached hydrogens (tertiary/aromatic N) is 2. The fourth-order valence-electron chi connectivity index (χ4n) is 2.12. The van der Waals surface area contributed by atoms with Crippen LogP contribution in [0.3, 0.4) is 0 Å². The molecule has 0 radical (unpaired) electrons. The van der Waals surface area contributed by atoms with Crippen molar-refractivity contribution in [3.05, 3.63) is 18.3 Å². The van der Waals surface area contributed by atoms with Crippen molar-refractivity contribution in [2.75, 3.05) is 50.1 Å². The summed E-state index contributed by atoms with van der Waals surface area (Å²) in [6, 6.07) is 3.82. The Morgan fingerprint density at radius 2 is 2.20 bits per heavy atom. The molecule has 0 spiro atoms. The summed E-state index contributed by atoms with van der Waals surface area (Å²) < 4.78 is 5.32. The second kappa shape index (κ2) is 7.21. The van der Waals surface area contributed by atoms with E-state index in [0.29, 0.717) is 12.4 Å². The molecule has 1 aliphatic rings. The van der Waals surface area contributed by atoms with Gasteiger partial charge in [-0.15, -0.1) is 0 Å². The van der Waals surface area contributed by atoms with Gasteiger partial charge < -0.3 is 20.3 Å². The van der Waals surface area contributed by atoms with Crippen LogP contribution in [0.15, 0.2) is 18.3 Å². The summed E-state index contributed by atoms with van der Waals surface area (Å²) >= 11 is 0. The van der Waals surface area contributed by atoms with Crippen LogP contribution < -0.4 is 15.5 Å². The number of anilines is 2. The molecule has 1 aromatic rings. The number of ether oxygens (including phenoxy) is 1. The van der Waals surface area contributed by atoms with Gasteiger partial charge in [0.25, 0.3) is 0 Å². The monoisotopic (exact) mass is 278 g/mol. The molecule has 2 heterocycles. The normalized spacial score (nSPS) is 16.8. The van der Waals surface area contributed by atoms with Crippen molar-refractivity contribution in [1.82, 2.24) is 10.3 Å². The minimum atomic E-state index is -0.0827. The number of pyridine rings is 1. The maximum absolute atomic E-state index is 11.9. The molecule has 1 fully saturated rings. The van der Waals surface area contributed by atoms with Crippen LogP contribution in [-0.2, 0) is 9.53 Å². The highest BCUT2D eigenvalue weighted by molar-refractivity contribution is 5.91. The maximum atomic E-state index is 11.9. The molecule has 2 N–H and O–H groups in total. The third-order valence-corrected chi connectivity index (χ3v) is 3.33. The summed E-state index contributed by atoms with van der Waals surface area (Å²) in [6.07, 6.45) is 1.80. The van der Waals surface area contributed by atoms with E-state index in [1.807, 2.05) is 26.1 Å². The molecular formula is C14H22N4O2. The number of rotatable bonds is 5. The smallest absolute Gasteiger partial charge is 0.229 e. The zero-order chi connectivity index (χ0) is 14.4. The van der Waals surface area contributed by atoms with Gasteiger partial charge in [-0.3, -0.25) is 4.79 Å². The Kier molecular flexibility index (Phi) is 5.31. The first-order chi connectivity index (χ1) is 9.70. The SMILES string of the molecule is CNCC(C)C(=O)Nc1ccc(N2CCOCC2)cn1. The van der Waals surface area contributed by atoms with E-state index in [4.69, 9.17) is 4.74 Å². The van der Waals surface area contributed by atoms with Crippen molar-refractivity contribution in [2.45, 2.75) is 6.92 Å². The van der Waals surface area contributed by atoms with Crippen LogP contribution in [-0.4, -0.2) is 50.8 Å². The Hall–Kier alpha value is -1.66. The Labute approximate surface area is 119 Å². The molecule has 6 nitrogen and oxygen atoms in total. The average molecular weight is 278 g/mol. The van der Waals surface area contributed by atoms with Crippen LogP contribution >= 0.6 is 0 Å². The first-order valence-corrected chi connectivity index (χ1v) is 6.95. The number of hydrogen-bond donors (Lipinski definition) is 2. The molecule has 0 saturated carbocycles. The first-order valence-electron chi connectivity index (χ1n) is 6.95. The lowest BCUT2D eigenvalue weighted by Gasteiger charge is -2.28. The van der Waals surface area contributed by atoms with Gasteiger partial charge >= 0.3 is 0 Å². The fourth-order valence-corrected chi connectivity index (χ4v) is 2.12. The largest absolute Gasteiger partial charge is 0.378 e. The third-order valence-electron chi connectivity index (χ3n) is 3.33. The van der Waals surface area contributed by atoms with Gasteiger partial charge in [-0.05, 0) is 19.2 Å². The van der Waals surface area contributed by atoms with E-state index in [-0.39, 0.29) is 11.8 Å². The number of carbonyl (C=O) groups is 1. The van der Waals surface area contributed by atoms with Gasteiger partial charge in [0.2, 0.25) is 5.91 Å². The van der Waals surface area contributed by atoms with E-state index >= 15 is 0 Å². The standard InChI is InChI=1S/C14H22N4O2/c1-11(9-15-2)14(19)17-13-4-3-12(10-16-13)18-5-7-20-8-6-18/h3-4,10-11,15H,5-9H2,1-2H3,(H,16,17,19). The molecule has 110 valence electrons. The van der Waals surface area contributed by atoms with E-state index in [0.717, 1.165) is 32.0 Å². The van der Waals surface area contributed by atoms with Gasteiger partial charge in [-0.2, -0.15) is 0 Å². The zero-order valence-electron chi connectivity index (χ0n) is 12.1. The number of amides is 1. The maximum Gasteiger partial charge on any atom is 0.229 e. The number of morpholine rings is 1. The van der Waals surface area contributed by atoms with Crippen molar-refractivity contribution in [1.29, 1.82) is 0 Å². The Morgan fingerprint density at radius 3 is 2.80 bits per heavy atom. The summed E-state index contributed by atoms with van der Waals surface area (Å²) in [7, 11) is 1.83. The van der Waals surface area contributed by atoms with Crippen LogP contribution in [0, 0.1) is 5.92 Å². The predicted molar refractivity (Wildman–Crippen MR) is 79.0 cm³/mol. The molecule has 1 aliphatic heterocycles. The molecular weight excluding hydrogens is 256 g/mol. The summed E-state index contributed by atoms with van der Waals surface area (Å²) in [5.74, 6) is 0.488. The molecule has 2 rings (SSSR count). The lowest BCUT2D eigenvalue weighted by Crippen LogP contribution is -2.36. The van der Waals surface area contributed by atoms with Crippen LogP contribution in [0.25, 0.3) is 0 Å². The van der Waals surface area contributed by atoms with Crippen LogP contribution in [0.1, 0.15) is 6.92 Å². The fraction of sp³-hybridized carbons (Fsp3) is 0.571. The number of hydrogen-bond acceptors (Lipinski definition) is 5. The number of aromatic nitrogens is 1. The molecule has 1 unspecified atom stereocenters. The molecule has 1 amide bonds. The van der Waals surface area contributed by atoms with Crippen molar-refractivity contribution >= 4 is 17.4 Å². The quantitative estimate of drug-likeness (QED) is 0.830. The van der Waals surface area contributed by atoms with Gasteiger partial charge in [-0.1, -0.05) is 6.92 Å². The number of carbonyl (C=O) groups excluding carboxylic acids is 1. The zero-order valence-corrected chi connectivity index (χ0v) is 12.1. The van der Waals surface area contributed by atoms with Crippen LogP contribution in [0.2, 0.25) is 0 Å². The molecule has 0 aromatic carbocycles. The molecule has 20 heavy (non-hydrogen) atoms. The van der Waals surface area contributed by atoms with E-state index in [1.54, 1.807) is 6.20 Å². The highest BCUT2D eigenvalue weighted by atomic mass is 16.5. The van der Waals surface area contributed by atoms with Gasteiger partial charge in [0.05, 0.1) is 25.1 Å². The van der Waals surface area contributed by atoms with Crippen LogP contribution in [0.5, 0.6) is 0 Å². The van der Waals surface area contributed by atoms with Gasteiger partial charge in [0.1, 0.15) is 5.82 Å². The topological polar surface area (TPSA) is 66.5 Å². The van der Waals surface area contributed by atoms with Gasteiger partial charge in [-0.25, -0.2) is 4.98 Å². The minimum absolute atomic E-state index is 0.0222. The molecule has 0 aliphatic carbocycles. The molecule has 1 aromatic heterocycles. The van der Waals surface area contributed by atoms with E-state index in [9.17, 15) is 4.79 Å². The van der Waals surface area contributed by atoms with E-state index < -0.39 is 0 Å². The van der Waals surface area contributed by atoms with Crippen molar-refractivity contribution in [2.24, 2.45) is 5.92 Å². The van der Waals surface area contributed by atoms with Gasteiger partial charge in [0.15, 0.2) is 0 Å². The lowest BCUT2D eigenvalue weighted by atomic mass is 10.1. The molecule has 6 heteroatoms. The van der Waals surface area contributed by atoms with Crippen molar-refractivity contribution in [3.8, 4) is 0 Å². The molecule has 1 saturated heterocycles. The van der Waals surface area contributed by atoms with Crippen molar-refractivity contribution < 1.29 is 9.53 Å². The summed E-state index contributed by atoms with van der Waals surface area (Å²) in [4.78, 5) is 18.4. The lowest BCUT2D eigenvalue weighted by molar-refractivity contribution is -0.119. The number of nitrogens with one attached hydrogen (secondary N) is 2. The van der Waals surface area contributed by atoms with E-state index in [2.05, 4.69) is 20.5 Å². The highest BCUT2D eigenvalue weighted by Crippen LogP contribution is 2.16. The van der Waals surface area contributed by atoms with Crippen LogP contribution in [0.4, 0.5) is 11.5 Å². The molecule has 0 bridgehead atoms. The summed E-state index contributed by atoms with van der Waals surface area (Å²) in [5, 5.41) is 5.81. The van der Waals surface area contributed by atoms with E-state index in [1.165, 1.54) is 0 Å². The summed E-state index contributed by atoms with van der Waals surface area (Å²) in [5.41, 5.74) is 1.06. The second-order valence-electron chi connectivity index (χ2n) is 4.95. The Bertz CT molecular complexity index is 429. The Balaban J connectivity index is 1.92. The van der Waals surface area contributed by atoms with Gasteiger partial charge in [0, 0.05) is 25.6 Å². The molecule has 1 atom stereocenters. The first kappa shape index (κ1) is 14.7.